The van der Waals surface area contributed by atoms with Crippen LogP contribution in [0.15, 0.2) is 54.6 Å². The van der Waals surface area contributed by atoms with Crippen LogP contribution in [-0.4, -0.2) is 6.61 Å². The molecule has 94 valence electrons. The zero-order chi connectivity index (χ0) is 13.1. The van der Waals surface area contributed by atoms with E-state index in [0.717, 1.165) is 5.75 Å². The maximum absolute atomic E-state index is 5.79. The number of hydrogen-bond donors (Lipinski definition) is 0. The van der Waals surface area contributed by atoms with Gasteiger partial charge in [0.15, 0.2) is 0 Å². The van der Waals surface area contributed by atoms with Gasteiger partial charge in [0, 0.05) is 5.56 Å². The van der Waals surface area contributed by atoms with Gasteiger partial charge >= 0.3 is 0 Å². The number of fused-ring (bicyclic) bond motifs is 2. The number of rotatable bonds is 0. The van der Waals surface area contributed by atoms with Gasteiger partial charge in [-0.15, -0.1) is 0 Å². The Hall–Kier alpha value is -2.54. The predicted octanol–water partition coefficient (Wildman–Crippen LogP) is 4.99. The lowest BCUT2D eigenvalue weighted by Gasteiger charge is -2.18. The zero-order valence-electron chi connectivity index (χ0n) is 10.9. The molecule has 0 saturated heterocycles. The minimum Gasteiger partial charge on any atom is -0.489 e. The van der Waals surface area contributed by atoms with Crippen LogP contribution in [-0.2, 0) is 0 Å². The molecular weight excluding hydrogens is 244 g/mol. The second-order valence-corrected chi connectivity index (χ2v) is 5.36. The Kier molecular flexibility index (Phi) is 1.80. The van der Waals surface area contributed by atoms with Crippen LogP contribution in [0.1, 0.15) is 5.56 Å². The summed E-state index contributed by atoms with van der Waals surface area (Å²) in [5, 5.41) is 7.89. The Bertz CT molecular complexity index is 979. The average Bonchev–Trinajstić information content (AvgIpc) is 2.52. The Morgan fingerprint density at radius 3 is 2.50 bits per heavy atom. The third kappa shape index (κ3) is 1.17. The molecule has 4 aromatic rings. The van der Waals surface area contributed by atoms with Crippen LogP contribution in [0.5, 0.6) is 5.75 Å². The smallest absolute Gasteiger partial charge is 0.128 e. The average molecular weight is 256 g/mol. The molecule has 4 aromatic carbocycles. The molecule has 0 spiro atoms. The van der Waals surface area contributed by atoms with Crippen molar-refractivity contribution in [2.75, 3.05) is 6.61 Å². The minimum absolute atomic E-state index is 0.667. The fraction of sp³-hybridized carbons (Fsp3) is 0.0526. The second-order valence-electron chi connectivity index (χ2n) is 5.36. The summed E-state index contributed by atoms with van der Waals surface area (Å²) in [6, 6.07) is 17.5. The predicted molar refractivity (Wildman–Crippen MR) is 84.7 cm³/mol. The molecule has 0 atom stereocenters. The topological polar surface area (TPSA) is 9.23 Å². The van der Waals surface area contributed by atoms with E-state index in [1.165, 1.54) is 37.9 Å². The van der Waals surface area contributed by atoms with Crippen molar-refractivity contribution in [3.63, 3.8) is 0 Å². The normalized spacial score (nSPS) is 14.0. The van der Waals surface area contributed by atoms with Gasteiger partial charge in [-0.05, 0) is 44.5 Å². The fourth-order valence-corrected chi connectivity index (χ4v) is 3.40. The summed E-state index contributed by atoms with van der Waals surface area (Å²) in [5.41, 5.74) is 1.21. The van der Waals surface area contributed by atoms with Crippen LogP contribution in [0, 0.1) is 0 Å². The van der Waals surface area contributed by atoms with Crippen LogP contribution in [0.2, 0.25) is 0 Å². The monoisotopic (exact) mass is 256 g/mol. The molecule has 0 unspecified atom stereocenters. The molecule has 0 N–H and O–H groups in total. The highest BCUT2D eigenvalue weighted by Gasteiger charge is 2.15. The first-order chi connectivity index (χ1) is 9.92. The van der Waals surface area contributed by atoms with Gasteiger partial charge in [-0.25, -0.2) is 0 Å². The van der Waals surface area contributed by atoms with Crippen molar-refractivity contribution < 1.29 is 4.74 Å². The van der Waals surface area contributed by atoms with Crippen LogP contribution in [0.3, 0.4) is 0 Å². The maximum Gasteiger partial charge on any atom is 0.128 e. The third-order valence-corrected chi connectivity index (χ3v) is 4.27. The van der Waals surface area contributed by atoms with Crippen molar-refractivity contribution in [2.24, 2.45) is 0 Å². The van der Waals surface area contributed by atoms with E-state index in [1.54, 1.807) is 0 Å². The Morgan fingerprint density at radius 1 is 0.800 bits per heavy atom. The summed E-state index contributed by atoms with van der Waals surface area (Å²) in [6.07, 6.45) is 4.27. The molecule has 0 saturated carbocycles. The summed E-state index contributed by atoms with van der Waals surface area (Å²) < 4.78 is 5.79. The van der Waals surface area contributed by atoms with Crippen LogP contribution in [0.4, 0.5) is 0 Å². The number of ether oxygens (including phenoxy) is 1. The molecule has 1 heterocycles. The molecule has 1 nitrogen and oxygen atoms in total. The summed E-state index contributed by atoms with van der Waals surface area (Å²) in [6.45, 7) is 0.667. The van der Waals surface area contributed by atoms with Crippen molar-refractivity contribution in [2.45, 2.75) is 0 Å². The zero-order valence-corrected chi connectivity index (χ0v) is 10.9. The lowest BCUT2D eigenvalue weighted by Crippen LogP contribution is -2.01. The molecule has 0 bridgehead atoms. The molecule has 5 rings (SSSR count). The van der Waals surface area contributed by atoms with Crippen molar-refractivity contribution in [3.05, 3.63) is 60.2 Å². The Labute approximate surface area is 116 Å². The summed E-state index contributed by atoms with van der Waals surface area (Å²) in [5.74, 6) is 0.999. The van der Waals surface area contributed by atoms with Gasteiger partial charge in [-0.2, -0.15) is 0 Å². The van der Waals surface area contributed by atoms with Gasteiger partial charge in [0.25, 0.3) is 0 Å². The first-order valence-electron chi connectivity index (χ1n) is 6.92. The highest BCUT2D eigenvalue weighted by Crippen LogP contribution is 2.40. The highest BCUT2D eigenvalue weighted by molar-refractivity contribution is 6.24. The van der Waals surface area contributed by atoms with Crippen molar-refractivity contribution in [1.82, 2.24) is 0 Å². The van der Waals surface area contributed by atoms with E-state index in [1.807, 2.05) is 0 Å². The standard InChI is InChI=1S/C19H12O/c1-3-12-6-7-14-11-17-15(5-2-10-20-17)16-9-8-13(4-1)18(12)19(14)16/h1-9,11H,10H2. The van der Waals surface area contributed by atoms with Gasteiger partial charge < -0.3 is 4.74 Å². The quantitative estimate of drug-likeness (QED) is 0.403. The fourth-order valence-electron chi connectivity index (χ4n) is 3.40. The van der Waals surface area contributed by atoms with Crippen molar-refractivity contribution in [1.29, 1.82) is 0 Å². The molecule has 1 aliphatic heterocycles. The number of hydrogen-bond acceptors (Lipinski definition) is 1. The second kappa shape index (κ2) is 3.51. The van der Waals surface area contributed by atoms with Crippen molar-refractivity contribution in [3.8, 4) is 5.75 Å². The van der Waals surface area contributed by atoms with Crippen molar-refractivity contribution >= 4 is 38.4 Å². The Morgan fingerprint density at radius 2 is 1.60 bits per heavy atom. The van der Waals surface area contributed by atoms with E-state index in [0.29, 0.717) is 6.61 Å². The summed E-state index contributed by atoms with van der Waals surface area (Å²) in [7, 11) is 0. The lowest BCUT2D eigenvalue weighted by atomic mass is 9.91. The first-order valence-corrected chi connectivity index (χ1v) is 6.92. The molecule has 0 aliphatic carbocycles. The summed E-state index contributed by atoms with van der Waals surface area (Å²) in [4.78, 5) is 0. The third-order valence-electron chi connectivity index (χ3n) is 4.27. The highest BCUT2D eigenvalue weighted by atomic mass is 16.5. The SMILES string of the molecule is C1=Cc2c(cc3ccc4cccc5ccc2c3c45)OC1. The van der Waals surface area contributed by atoms with E-state index in [2.05, 4.69) is 60.7 Å². The molecule has 1 heteroatoms. The van der Waals surface area contributed by atoms with E-state index in [4.69, 9.17) is 4.74 Å². The van der Waals surface area contributed by atoms with E-state index >= 15 is 0 Å². The van der Waals surface area contributed by atoms with E-state index < -0.39 is 0 Å². The molecule has 0 radical (unpaired) electrons. The van der Waals surface area contributed by atoms with E-state index in [-0.39, 0.29) is 0 Å². The van der Waals surface area contributed by atoms with Crippen LogP contribution < -0.4 is 4.74 Å². The minimum atomic E-state index is 0.667. The number of benzene rings is 4. The van der Waals surface area contributed by atoms with Gasteiger partial charge in [0.2, 0.25) is 0 Å². The van der Waals surface area contributed by atoms with Crippen LogP contribution in [0.25, 0.3) is 38.4 Å². The van der Waals surface area contributed by atoms with Gasteiger partial charge in [0.1, 0.15) is 12.4 Å². The molecule has 0 fully saturated rings. The molecule has 0 amide bonds. The largest absolute Gasteiger partial charge is 0.489 e. The molecular formula is C19H12O. The summed E-state index contributed by atoms with van der Waals surface area (Å²) >= 11 is 0. The molecule has 20 heavy (non-hydrogen) atoms. The van der Waals surface area contributed by atoms with E-state index in [9.17, 15) is 0 Å². The van der Waals surface area contributed by atoms with Crippen LogP contribution >= 0.6 is 0 Å². The molecule has 0 aromatic heterocycles. The maximum atomic E-state index is 5.79. The van der Waals surface area contributed by atoms with Gasteiger partial charge in [-0.1, -0.05) is 48.5 Å². The lowest BCUT2D eigenvalue weighted by molar-refractivity contribution is 0.359. The Balaban J connectivity index is 2.14. The molecule has 1 aliphatic rings. The van der Waals surface area contributed by atoms with Gasteiger partial charge in [0.05, 0.1) is 0 Å². The van der Waals surface area contributed by atoms with Gasteiger partial charge in [-0.3, -0.25) is 0 Å². The first kappa shape index (κ1) is 10.3.